The maximum atomic E-state index is 8.86. The van der Waals surface area contributed by atoms with Crippen LogP contribution in [0.4, 0.5) is 0 Å². The average molecular weight is 311 g/mol. The molecule has 0 aliphatic rings. The van der Waals surface area contributed by atoms with Crippen LogP contribution in [0.5, 0.6) is 0 Å². The maximum Gasteiger partial charge on any atom is 0.192 e. The molecule has 0 aromatic heterocycles. The molecule has 0 amide bonds. The van der Waals surface area contributed by atoms with Crippen molar-refractivity contribution in [2.75, 3.05) is 6.61 Å². The molecule has 0 heterocycles. The highest BCUT2D eigenvalue weighted by molar-refractivity contribution is 6.74. The lowest BCUT2D eigenvalue weighted by molar-refractivity contribution is 0.264. The zero-order valence-electron chi connectivity index (χ0n) is 12.8. The summed E-state index contributed by atoms with van der Waals surface area (Å²) >= 11 is 6.03. The molecule has 2 N–H and O–H groups in total. The fraction of sp³-hybridized carbons (Fsp3) is 0.533. The Morgan fingerprint density at radius 1 is 1.40 bits per heavy atom. The van der Waals surface area contributed by atoms with Crippen LogP contribution in [0.15, 0.2) is 18.2 Å². The Bertz CT molecular complexity index is 518. The summed E-state index contributed by atoms with van der Waals surface area (Å²) in [6.45, 7) is 11.5. The lowest BCUT2D eigenvalue weighted by Gasteiger charge is -2.37. The number of hydrogen-bond acceptors (Lipinski definition) is 3. The molecule has 1 rings (SSSR count). The Kier molecular flexibility index (Phi) is 5.39. The Balaban J connectivity index is 2.76. The van der Waals surface area contributed by atoms with Crippen molar-refractivity contribution in [3.05, 3.63) is 34.3 Å². The second-order valence-corrected chi connectivity index (χ2v) is 11.7. The molecule has 0 saturated carbocycles. The highest BCUT2D eigenvalue weighted by Gasteiger charge is 2.37. The van der Waals surface area contributed by atoms with Gasteiger partial charge in [0.2, 0.25) is 0 Å². The van der Waals surface area contributed by atoms with Crippen molar-refractivity contribution >= 4 is 19.9 Å². The number of nitrogens with two attached hydrogens (primary N) is 1. The van der Waals surface area contributed by atoms with E-state index in [2.05, 4.69) is 33.9 Å². The van der Waals surface area contributed by atoms with Crippen molar-refractivity contribution in [1.29, 1.82) is 5.26 Å². The molecule has 3 nitrogen and oxygen atoms in total. The summed E-state index contributed by atoms with van der Waals surface area (Å²) in [5.41, 5.74) is 7.52. The molecule has 1 aromatic rings. The highest BCUT2D eigenvalue weighted by Crippen LogP contribution is 2.37. The van der Waals surface area contributed by atoms with E-state index in [1.54, 1.807) is 12.1 Å². The lowest BCUT2D eigenvalue weighted by Crippen LogP contribution is -2.42. The van der Waals surface area contributed by atoms with Crippen molar-refractivity contribution in [3.8, 4) is 6.07 Å². The van der Waals surface area contributed by atoms with Gasteiger partial charge in [-0.1, -0.05) is 38.4 Å². The molecule has 0 fully saturated rings. The number of hydrogen-bond donors (Lipinski definition) is 1. The van der Waals surface area contributed by atoms with Crippen LogP contribution in [-0.2, 0) is 4.43 Å². The van der Waals surface area contributed by atoms with E-state index in [4.69, 9.17) is 27.0 Å². The third kappa shape index (κ3) is 4.06. The van der Waals surface area contributed by atoms with Gasteiger partial charge in [0.05, 0.1) is 23.2 Å². The van der Waals surface area contributed by atoms with E-state index >= 15 is 0 Å². The number of rotatable bonds is 4. The summed E-state index contributed by atoms with van der Waals surface area (Å²) in [5, 5.41) is 9.46. The summed E-state index contributed by atoms with van der Waals surface area (Å²) in [4.78, 5) is 0. The predicted molar refractivity (Wildman–Crippen MR) is 86.2 cm³/mol. The minimum absolute atomic E-state index is 0.162. The number of benzene rings is 1. The maximum absolute atomic E-state index is 8.86. The van der Waals surface area contributed by atoms with E-state index in [0.717, 1.165) is 5.56 Å². The molecule has 110 valence electrons. The molecular weight excluding hydrogens is 288 g/mol. The van der Waals surface area contributed by atoms with Crippen LogP contribution in [0.25, 0.3) is 0 Å². The van der Waals surface area contributed by atoms with Crippen molar-refractivity contribution in [3.63, 3.8) is 0 Å². The number of nitrogens with zero attached hydrogens (tertiary/aromatic N) is 1. The normalized spacial score (nSPS) is 13.9. The van der Waals surface area contributed by atoms with E-state index in [1.807, 2.05) is 12.1 Å². The third-order valence-electron chi connectivity index (χ3n) is 3.97. The first kappa shape index (κ1) is 17.2. The van der Waals surface area contributed by atoms with Crippen LogP contribution in [-0.4, -0.2) is 14.9 Å². The van der Waals surface area contributed by atoms with Gasteiger partial charge >= 0.3 is 0 Å². The lowest BCUT2D eigenvalue weighted by atomic mass is 10.1. The molecule has 0 spiro atoms. The van der Waals surface area contributed by atoms with Gasteiger partial charge in [-0.05, 0) is 35.8 Å². The third-order valence-corrected chi connectivity index (χ3v) is 8.79. The van der Waals surface area contributed by atoms with E-state index in [9.17, 15) is 0 Å². The Morgan fingerprint density at radius 3 is 2.45 bits per heavy atom. The van der Waals surface area contributed by atoms with Crippen molar-refractivity contribution in [2.24, 2.45) is 5.73 Å². The average Bonchev–Trinajstić information content (AvgIpc) is 2.34. The van der Waals surface area contributed by atoms with Crippen LogP contribution < -0.4 is 5.73 Å². The van der Waals surface area contributed by atoms with E-state index in [1.165, 1.54) is 0 Å². The molecule has 1 aromatic carbocycles. The molecule has 0 bridgehead atoms. The second-order valence-electron chi connectivity index (χ2n) is 6.53. The summed E-state index contributed by atoms with van der Waals surface area (Å²) < 4.78 is 6.11. The van der Waals surface area contributed by atoms with Gasteiger partial charge in [0.1, 0.15) is 6.07 Å². The van der Waals surface area contributed by atoms with Crippen molar-refractivity contribution < 1.29 is 4.43 Å². The van der Waals surface area contributed by atoms with Crippen LogP contribution in [0.1, 0.15) is 37.9 Å². The topological polar surface area (TPSA) is 59.0 Å². The summed E-state index contributed by atoms with van der Waals surface area (Å²) in [6, 6.07) is 7.10. The fourth-order valence-electron chi connectivity index (χ4n) is 1.46. The molecular formula is C15H23ClN2OSi. The van der Waals surface area contributed by atoms with Gasteiger partial charge in [0, 0.05) is 0 Å². The first-order valence-corrected chi connectivity index (χ1v) is 9.96. The molecule has 0 aliphatic heterocycles. The van der Waals surface area contributed by atoms with Crippen molar-refractivity contribution in [2.45, 2.75) is 44.9 Å². The first-order chi connectivity index (χ1) is 9.08. The van der Waals surface area contributed by atoms with Crippen LogP contribution in [0.3, 0.4) is 0 Å². The summed E-state index contributed by atoms with van der Waals surface area (Å²) in [6.07, 6.45) is 0. The Labute approximate surface area is 127 Å². The SMILES string of the molecule is CC(C)(C)[Si](C)(C)OC[C@@H](N)c1ccc(C#N)c(Cl)c1. The highest BCUT2D eigenvalue weighted by atomic mass is 35.5. The van der Waals surface area contributed by atoms with Crippen LogP contribution >= 0.6 is 11.6 Å². The fourth-order valence-corrected chi connectivity index (χ4v) is 2.72. The van der Waals surface area contributed by atoms with Gasteiger partial charge < -0.3 is 10.2 Å². The van der Waals surface area contributed by atoms with Gasteiger partial charge in [-0.15, -0.1) is 0 Å². The molecule has 0 unspecified atom stereocenters. The summed E-state index contributed by atoms with van der Waals surface area (Å²) in [5.74, 6) is 0. The van der Waals surface area contributed by atoms with Crippen molar-refractivity contribution in [1.82, 2.24) is 0 Å². The monoisotopic (exact) mass is 310 g/mol. The smallest absolute Gasteiger partial charge is 0.192 e. The quantitative estimate of drug-likeness (QED) is 0.846. The zero-order chi connectivity index (χ0) is 15.6. The number of halogens is 1. The van der Waals surface area contributed by atoms with Gasteiger partial charge in [0.15, 0.2) is 8.32 Å². The second kappa shape index (κ2) is 6.27. The van der Waals surface area contributed by atoms with E-state index in [0.29, 0.717) is 17.2 Å². The van der Waals surface area contributed by atoms with Crippen LogP contribution in [0, 0.1) is 11.3 Å². The molecule has 20 heavy (non-hydrogen) atoms. The predicted octanol–water partition coefficient (Wildman–Crippen LogP) is 4.23. The zero-order valence-corrected chi connectivity index (χ0v) is 14.6. The van der Waals surface area contributed by atoms with Gasteiger partial charge in [-0.3, -0.25) is 0 Å². The number of nitriles is 1. The van der Waals surface area contributed by atoms with Crippen LogP contribution in [0.2, 0.25) is 23.2 Å². The molecule has 5 heteroatoms. The Morgan fingerprint density at radius 2 is 2.00 bits per heavy atom. The minimum Gasteiger partial charge on any atom is -0.415 e. The summed E-state index contributed by atoms with van der Waals surface area (Å²) in [7, 11) is -1.80. The molecule has 1 atom stereocenters. The molecule has 0 saturated heterocycles. The first-order valence-electron chi connectivity index (χ1n) is 6.67. The largest absolute Gasteiger partial charge is 0.415 e. The van der Waals surface area contributed by atoms with Gasteiger partial charge in [-0.25, -0.2) is 0 Å². The van der Waals surface area contributed by atoms with E-state index < -0.39 is 8.32 Å². The minimum atomic E-state index is -1.80. The van der Waals surface area contributed by atoms with Gasteiger partial charge in [0.25, 0.3) is 0 Å². The Hall–Kier alpha value is -0.863. The standard InChI is InChI=1S/C15H23ClN2OSi/c1-15(2,3)20(4,5)19-10-14(18)11-6-7-12(9-17)13(16)8-11/h6-8,14H,10,18H2,1-5H3/t14-/m1/s1. The molecule has 0 radical (unpaired) electrons. The van der Waals surface area contributed by atoms with E-state index in [-0.39, 0.29) is 11.1 Å². The molecule has 0 aliphatic carbocycles. The van der Waals surface area contributed by atoms with Gasteiger partial charge in [-0.2, -0.15) is 5.26 Å².